The van der Waals surface area contributed by atoms with E-state index in [-0.39, 0.29) is 0 Å². The first kappa shape index (κ1) is 23.0. The Kier molecular flexibility index (Phi) is 13.2. The summed E-state index contributed by atoms with van der Waals surface area (Å²) < 4.78 is 0. The number of rotatable bonds is 10. The average molecular weight is 342 g/mol. The van der Waals surface area contributed by atoms with Crippen LogP contribution in [0.2, 0.25) is 0 Å². The van der Waals surface area contributed by atoms with Gasteiger partial charge in [-0.05, 0) is 42.5 Å². The highest BCUT2D eigenvalue weighted by atomic mass is 14.9. The van der Waals surface area contributed by atoms with Crippen molar-refractivity contribution in [2.45, 2.75) is 53.9 Å². The highest BCUT2D eigenvalue weighted by Gasteiger charge is 2.06. The van der Waals surface area contributed by atoms with Crippen LogP contribution in [0.15, 0.2) is 42.5 Å². The predicted molar refractivity (Wildman–Crippen MR) is 113 cm³/mol. The summed E-state index contributed by atoms with van der Waals surface area (Å²) in [5.74, 6) is 0. The third-order valence-corrected chi connectivity index (χ3v) is 3.71. The molecule has 1 aromatic heterocycles. The minimum absolute atomic E-state index is 0.658. The molecule has 0 aliphatic carbocycles. The van der Waals surface area contributed by atoms with Gasteiger partial charge in [-0.25, -0.2) is 0 Å². The van der Waals surface area contributed by atoms with Gasteiger partial charge in [-0.2, -0.15) is 0 Å². The van der Waals surface area contributed by atoms with Crippen molar-refractivity contribution in [3.63, 3.8) is 0 Å². The quantitative estimate of drug-likeness (QED) is 0.435. The van der Waals surface area contributed by atoms with Crippen LogP contribution in [-0.4, -0.2) is 24.3 Å². The summed E-state index contributed by atoms with van der Waals surface area (Å²) in [6.45, 7) is 15.5. The zero-order valence-corrected chi connectivity index (χ0v) is 16.7. The molecule has 25 heavy (non-hydrogen) atoms. The molecule has 2 N–H and O–H groups in total. The maximum atomic E-state index is 7.39. The molecule has 3 nitrogen and oxygen atoms in total. The van der Waals surface area contributed by atoms with E-state index < -0.39 is 0 Å². The van der Waals surface area contributed by atoms with Crippen LogP contribution < -0.4 is 5.32 Å². The van der Waals surface area contributed by atoms with E-state index >= 15 is 0 Å². The number of allylic oxidation sites excluding steroid dienone is 3. The van der Waals surface area contributed by atoms with E-state index in [0.717, 1.165) is 42.8 Å². The average Bonchev–Trinajstić information content (AvgIpc) is 2.65. The van der Waals surface area contributed by atoms with Gasteiger partial charge in [-0.1, -0.05) is 65.0 Å². The van der Waals surface area contributed by atoms with Gasteiger partial charge in [0, 0.05) is 25.0 Å². The summed E-state index contributed by atoms with van der Waals surface area (Å²) in [5.41, 5.74) is 5.61. The fraction of sp³-hybridized carbons (Fsp3) is 0.455. The molecular weight excluding hydrogens is 306 g/mol. The van der Waals surface area contributed by atoms with Crippen molar-refractivity contribution in [3.05, 3.63) is 59.5 Å². The lowest BCUT2D eigenvalue weighted by Gasteiger charge is -2.12. The minimum Gasteiger partial charge on any atom is -0.308 e. The van der Waals surface area contributed by atoms with Gasteiger partial charge in [0.25, 0.3) is 0 Å². The maximum absolute atomic E-state index is 7.39. The molecule has 0 spiro atoms. The predicted octanol–water partition coefficient (Wildman–Crippen LogP) is 5.51. The van der Waals surface area contributed by atoms with Crippen molar-refractivity contribution in [3.8, 4) is 0 Å². The number of hydrogen-bond donors (Lipinski definition) is 2. The Hall–Kier alpha value is -2.00. The molecule has 1 heterocycles. The standard InChI is InChI=1S/C20H29N3.C2H6/c1-5-8-10-18(15-22-14-17(13-21)9-6-2)20-12-11-16(4)19(7-3)23-20;1-2/h6,9-13,21-22H,2,5,7-8,14-15H2,1,3-4H3;1-2H3/b17-9+,18-10+,21-13?;. The van der Waals surface area contributed by atoms with Gasteiger partial charge in [0.2, 0.25) is 0 Å². The first-order valence-corrected chi connectivity index (χ1v) is 9.34. The fourth-order valence-electron chi connectivity index (χ4n) is 2.34. The maximum Gasteiger partial charge on any atom is 0.0674 e. The molecule has 0 unspecified atom stereocenters. The number of nitrogens with one attached hydrogen (secondary N) is 2. The van der Waals surface area contributed by atoms with Crippen LogP contribution in [0.4, 0.5) is 0 Å². The third kappa shape index (κ3) is 8.59. The molecule has 1 rings (SSSR count). The van der Waals surface area contributed by atoms with Crippen LogP contribution in [0, 0.1) is 12.3 Å². The fourth-order valence-corrected chi connectivity index (χ4v) is 2.34. The van der Waals surface area contributed by atoms with Gasteiger partial charge in [0.1, 0.15) is 0 Å². The Morgan fingerprint density at radius 1 is 1.24 bits per heavy atom. The Morgan fingerprint density at radius 3 is 2.52 bits per heavy atom. The summed E-state index contributed by atoms with van der Waals surface area (Å²) in [7, 11) is 0. The van der Waals surface area contributed by atoms with Crippen LogP contribution in [0.1, 0.15) is 57.5 Å². The first-order chi connectivity index (χ1) is 12.2. The molecular formula is C22H35N3. The molecule has 0 saturated carbocycles. The second kappa shape index (κ2) is 14.4. The largest absolute Gasteiger partial charge is 0.308 e. The van der Waals surface area contributed by atoms with Crippen LogP contribution in [0.5, 0.6) is 0 Å². The number of aryl methyl sites for hydroxylation is 2. The lowest BCUT2D eigenvalue weighted by molar-refractivity contribution is 0.832. The zero-order valence-electron chi connectivity index (χ0n) is 16.7. The van der Waals surface area contributed by atoms with E-state index in [9.17, 15) is 0 Å². The molecule has 138 valence electrons. The zero-order chi connectivity index (χ0) is 19.1. The van der Waals surface area contributed by atoms with Crippen molar-refractivity contribution in [2.24, 2.45) is 0 Å². The van der Waals surface area contributed by atoms with Crippen molar-refractivity contribution >= 4 is 11.8 Å². The number of pyridine rings is 1. The second-order valence-electron chi connectivity index (χ2n) is 5.56. The molecule has 0 amide bonds. The summed E-state index contributed by atoms with van der Waals surface area (Å²) >= 11 is 0. The molecule has 3 heteroatoms. The molecule has 0 aliphatic heterocycles. The molecule has 0 fully saturated rings. The molecule has 0 aliphatic rings. The molecule has 0 saturated heterocycles. The van der Waals surface area contributed by atoms with Gasteiger partial charge in [-0.3, -0.25) is 4.98 Å². The topological polar surface area (TPSA) is 48.8 Å². The van der Waals surface area contributed by atoms with Gasteiger partial charge < -0.3 is 10.7 Å². The van der Waals surface area contributed by atoms with Crippen molar-refractivity contribution in [1.82, 2.24) is 10.3 Å². The smallest absolute Gasteiger partial charge is 0.0674 e. The number of hydrogen-bond acceptors (Lipinski definition) is 3. The highest BCUT2D eigenvalue weighted by Crippen LogP contribution is 2.16. The minimum atomic E-state index is 0.658. The summed E-state index contributed by atoms with van der Waals surface area (Å²) in [6, 6.07) is 4.26. The molecule has 0 atom stereocenters. The second-order valence-corrected chi connectivity index (χ2v) is 5.56. The number of aromatic nitrogens is 1. The van der Waals surface area contributed by atoms with Crippen molar-refractivity contribution < 1.29 is 0 Å². The first-order valence-electron chi connectivity index (χ1n) is 9.34. The molecule has 0 radical (unpaired) electrons. The Balaban J connectivity index is 0.00000277. The van der Waals surface area contributed by atoms with Gasteiger partial charge >= 0.3 is 0 Å². The summed E-state index contributed by atoms with van der Waals surface area (Å²) in [4.78, 5) is 4.81. The van der Waals surface area contributed by atoms with Crippen LogP contribution in [0.3, 0.4) is 0 Å². The van der Waals surface area contributed by atoms with E-state index in [1.54, 1.807) is 6.08 Å². The van der Waals surface area contributed by atoms with Crippen LogP contribution in [-0.2, 0) is 6.42 Å². The Bertz CT molecular complexity index is 583. The van der Waals surface area contributed by atoms with Crippen molar-refractivity contribution in [2.75, 3.05) is 13.1 Å². The highest BCUT2D eigenvalue weighted by molar-refractivity contribution is 5.76. The molecule has 1 aromatic rings. The molecule has 0 aromatic carbocycles. The summed E-state index contributed by atoms with van der Waals surface area (Å²) in [6.07, 6.45) is 10.3. The van der Waals surface area contributed by atoms with Crippen LogP contribution >= 0.6 is 0 Å². The monoisotopic (exact) mass is 341 g/mol. The normalized spacial score (nSPS) is 11.6. The number of unbranched alkanes of at least 4 members (excludes halogenated alkanes) is 1. The van der Waals surface area contributed by atoms with Crippen LogP contribution in [0.25, 0.3) is 5.57 Å². The number of nitrogens with zero attached hydrogens (tertiary/aromatic N) is 1. The molecule has 0 bridgehead atoms. The SMILES string of the molecule is C=C/C=C(\C=N)CNC/C(=C\CCC)c1ccc(C)c(CC)n1.CC. The van der Waals surface area contributed by atoms with E-state index in [1.165, 1.54) is 17.4 Å². The third-order valence-electron chi connectivity index (χ3n) is 3.71. The lowest BCUT2D eigenvalue weighted by atomic mass is 10.1. The van der Waals surface area contributed by atoms with E-state index in [4.69, 9.17) is 10.4 Å². The van der Waals surface area contributed by atoms with E-state index in [1.807, 2.05) is 19.9 Å². The van der Waals surface area contributed by atoms with E-state index in [2.05, 4.69) is 50.9 Å². The Labute approximate surface area is 154 Å². The van der Waals surface area contributed by atoms with Crippen molar-refractivity contribution in [1.29, 1.82) is 5.41 Å². The van der Waals surface area contributed by atoms with Gasteiger partial charge in [0.15, 0.2) is 0 Å². The summed E-state index contributed by atoms with van der Waals surface area (Å²) in [5, 5.41) is 10.8. The lowest BCUT2D eigenvalue weighted by Crippen LogP contribution is -2.20. The Morgan fingerprint density at radius 2 is 1.96 bits per heavy atom. The van der Waals surface area contributed by atoms with Gasteiger partial charge in [-0.15, -0.1) is 0 Å². The van der Waals surface area contributed by atoms with E-state index in [0.29, 0.717) is 6.54 Å². The van der Waals surface area contributed by atoms with Gasteiger partial charge in [0.05, 0.1) is 5.69 Å².